The normalized spacial score (nSPS) is 19.0. The lowest BCUT2D eigenvalue weighted by Crippen LogP contribution is -2.40. The summed E-state index contributed by atoms with van der Waals surface area (Å²) in [6.07, 6.45) is -0.394. The number of hydrogen-bond donors (Lipinski definition) is 2. The number of benzene rings is 1. The highest BCUT2D eigenvalue weighted by molar-refractivity contribution is 7.16. The van der Waals surface area contributed by atoms with E-state index in [4.69, 9.17) is 10.5 Å². The lowest BCUT2D eigenvalue weighted by molar-refractivity contribution is -0.146. The van der Waals surface area contributed by atoms with Crippen molar-refractivity contribution in [2.75, 3.05) is 5.73 Å². The van der Waals surface area contributed by atoms with Gasteiger partial charge in [0, 0.05) is 24.4 Å². The molecule has 0 saturated heterocycles. The van der Waals surface area contributed by atoms with Crippen LogP contribution in [0.3, 0.4) is 0 Å². The van der Waals surface area contributed by atoms with Crippen LogP contribution in [0.25, 0.3) is 0 Å². The van der Waals surface area contributed by atoms with Gasteiger partial charge in [-0.15, -0.1) is 11.3 Å². The molecule has 0 radical (unpaired) electrons. The Hall–Kier alpha value is -2.38. The summed E-state index contributed by atoms with van der Waals surface area (Å²) in [7, 11) is 0. The van der Waals surface area contributed by atoms with Crippen molar-refractivity contribution in [1.29, 1.82) is 0 Å². The lowest BCUT2D eigenvalue weighted by Gasteiger charge is -2.26. The van der Waals surface area contributed by atoms with Crippen LogP contribution in [0.2, 0.25) is 0 Å². The van der Waals surface area contributed by atoms with Crippen molar-refractivity contribution in [3.8, 4) is 0 Å². The number of carboxylic acids is 1. The van der Waals surface area contributed by atoms with Crippen LogP contribution in [0.4, 0.5) is 5.00 Å². The Morgan fingerprint density at radius 3 is 2.54 bits per heavy atom. The molecule has 3 N–H and O–H groups in total. The Balaban J connectivity index is 1.55. The quantitative estimate of drug-likeness (QED) is 0.869. The summed E-state index contributed by atoms with van der Waals surface area (Å²) in [4.78, 5) is 26.8. The van der Waals surface area contributed by atoms with E-state index in [0.29, 0.717) is 18.7 Å². The highest BCUT2D eigenvalue weighted by Crippen LogP contribution is 2.36. The fraction of sp³-hybridized carbons (Fsp3) is 0.294. The maximum Gasteiger partial charge on any atom is 0.338 e. The first-order chi connectivity index (χ1) is 11.5. The molecule has 24 heavy (non-hydrogen) atoms. The minimum atomic E-state index is -1.05. The summed E-state index contributed by atoms with van der Waals surface area (Å²) in [5, 5.41) is 9.63. The number of carbonyl (C=O) groups is 2. The number of rotatable bonds is 2. The number of amides is 1. The largest absolute Gasteiger partial charge is 0.478 e. The maximum atomic E-state index is 12.8. The van der Waals surface area contributed by atoms with Gasteiger partial charge in [-0.05, 0) is 16.7 Å². The highest BCUT2D eigenvalue weighted by atomic mass is 32.1. The van der Waals surface area contributed by atoms with Crippen LogP contribution >= 0.6 is 11.3 Å². The zero-order chi connectivity index (χ0) is 16.8. The Morgan fingerprint density at radius 2 is 1.92 bits per heavy atom. The summed E-state index contributed by atoms with van der Waals surface area (Å²) in [6, 6.07) is 7.96. The van der Waals surface area contributed by atoms with Crippen molar-refractivity contribution < 1.29 is 19.4 Å². The van der Waals surface area contributed by atoms with E-state index >= 15 is 0 Å². The molecule has 1 unspecified atom stereocenters. The number of aromatic carboxylic acids is 1. The van der Waals surface area contributed by atoms with E-state index < -0.39 is 12.1 Å². The fourth-order valence-corrected chi connectivity index (χ4v) is 4.39. The molecule has 1 aromatic heterocycles. The molecule has 4 rings (SSSR count). The predicted molar refractivity (Wildman–Crippen MR) is 88.7 cm³/mol. The summed E-state index contributed by atoms with van der Waals surface area (Å²) < 4.78 is 5.70. The van der Waals surface area contributed by atoms with E-state index in [-0.39, 0.29) is 29.5 Å². The molecule has 0 fully saturated rings. The molecular weight excluding hydrogens is 328 g/mol. The van der Waals surface area contributed by atoms with E-state index in [1.807, 2.05) is 24.3 Å². The first kappa shape index (κ1) is 15.2. The van der Waals surface area contributed by atoms with Crippen LogP contribution in [-0.2, 0) is 35.6 Å². The van der Waals surface area contributed by atoms with E-state index in [0.717, 1.165) is 16.0 Å². The summed E-state index contributed by atoms with van der Waals surface area (Å²) in [5.41, 5.74) is 8.87. The third-order valence-corrected chi connectivity index (χ3v) is 5.60. The van der Waals surface area contributed by atoms with Crippen molar-refractivity contribution >= 4 is 28.2 Å². The second-order valence-corrected chi connectivity index (χ2v) is 7.15. The number of nitrogens with zero attached hydrogens (tertiary/aromatic N) is 1. The number of carbonyl (C=O) groups excluding carboxylic acids is 1. The lowest BCUT2D eigenvalue weighted by atomic mass is 10.0. The van der Waals surface area contributed by atoms with Gasteiger partial charge in [0.05, 0.1) is 12.2 Å². The summed E-state index contributed by atoms with van der Waals surface area (Å²) in [6.45, 7) is 1.37. The SMILES string of the molecule is Nc1sc2c(c1C(=O)O)CC(C(=O)N1Cc3ccccc3C1)OC2. The number of nitrogens with two attached hydrogens (primary N) is 1. The molecule has 0 aliphatic carbocycles. The first-order valence-corrected chi connectivity index (χ1v) is 8.46. The zero-order valence-corrected chi connectivity index (χ0v) is 13.6. The summed E-state index contributed by atoms with van der Waals surface area (Å²) in [5.74, 6) is -1.15. The number of carboxylic acid groups (broad SMARTS) is 1. The van der Waals surface area contributed by atoms with Gasteiger partial charge in [0.15, 0.2) is 0 Å². The average molecular weight is 344 g/mol. The van der Waals surface area contributed by atoms with Crippen LogP contribution in [0.5, 0.6) is 0 Å². The van der Waals surface area contributed by atoms with Gasteiger partial charge in [-0.3, -0.25) is 4.79 Å². The average Bonchev–Trinajstić information content (AvgIpc) is 3.13. The van der Waals surface area contributed by atoms with Crippen LogP contribution in [0.1, 0.15) is 31.9 Å². The first-order valence-electron chi connectivity index (χ1n) is 7.65. The Bertz CT molecular complexity index is 820. The van der Waals surface area contributed by atoms with Gasteiger partial charge in [0.2, 0.25) is 0 Å². The van der Waals surface area contributed by atoms with Crippen LogP contribution in [0, 0.1) is 0 Å². The molecule has 0 saturated carbocycles. The predicted octanol–water partition coefficient (Wildman–Crippen LogP) is 2.01. The molecule has 7 heteroatoms. The molecule has 2 aliphatic heterocycles. The van der Waals surface area contributed by atoms with Crippen molar-refractivity contribution in [3.05, 3.63) is 51.4 Å². The zero-order valence-electron chi connectivity index (χ0n) is 12.8. The molecule has 0 bridgehead atoms. The number of fused-ring (bicyclic) bond motifs is 2. The van der Waals surface area contributed by atoms with Gasteiger partial charge in [0.1, 0.15) is 11.1 Å². The topological polar surface area (TPSA) is 92.9 Å². The van der Waals surface area contributed by atoms with Gasteiger partial charge in [-0.1, -0.05) is 24.3 Å². The Labute approximate surface area is 142 Å². The highest BCUT2D eigenvalue weighted by Gasteiger charge is 2.35. The molecule has 6 nitrogen and oxygen atoms in total. The standard InChI is InChI=1S/C17H16N2O4S/c18-15-14(17(21)22)11-5-12(23-8-13(11)24-15)16(20)19-6-9-3-1-2-4-10(9)7-19/h1-4,12H,5-8,18H2,(H,21,22). The van der Waals surface area contributed by atoms with Gasteiger partial charge in [0.25, 0.3) is 5.91 Å². The van der Waals surface area contributed by atoms with Crippen molar-refractivity contribution in [3.63, 3.8) is 0 Å². The van der Waals surface area contributed by atoms with Gasteiger partial charge in [-0.25, -0.2) is 4.79 Å². The third-order valence-electron chi connectivity index (χ3n) is 4.56. The van der Waals surface area contributed by atoms with E-state index in [1.165, 1.54) is 11.3 Å². The van der Waals surface area contributed by atoms with Gasteiger partial charge < -0.3 is 20.5 Å². The Kier molecular flexibility index (Phi) is 3.54. The fourth-order valence-electron chi connectivity index (χ4n) is 3.37. The van der Waals surface area contributed by atoms with Gasteiger partial charge >= 0.3 is 5.97 Å². The van der Waals surface area contributed by atoms with Crippen molar-refractivity contribution in [2.45, 2.75) is 32.2 Å². The molecule has 2 aromatic rings. The van der Waals surface area contributed by atoms with Crippen molar-refractivity contribution in [2.24, 2.45) is 0 Å². The number of thiophene rings is 1. The second-order valence-electron chi connectivity index (χ2n) is 6.01. The smallest absolute Gasteiger partial charge is 0.338 e. The van der Waals surface area contributed by atoms with Crippen LogP contribution in [0.15, 0.2) is 24.3 Å². The summed E-state index contributed by atoms with van der Waals surface area (Å²) >= 11 is 1.23. The molecule has 1 atom stereocenters. The van der Waals surface area contributed by atoms with Crippen LogP contribution in [-0.4, -0.2) is 28.0 Å². The molecule has 124 valence electrons. The van der Waals surface area contributed by atoms with E-state index in [2.05, 4.69) is 0 Å². The van der Waals surface area contributed by atoms with E-state index in [9.17, 15) is 14.7 Å². The van der Waals surface area contributed by atoms with Crippen molar-refractivity contribution in [1.82, 2.24) is 4.90 Å². The third kappa shape index (κ3) is 2.37. The minimum absolute atomic E-state index is 0.0991. The monoisotopic (exact) mass is 344 g/mol. The number of hydrogen-bond acceptors (Lipinski definition) is 5. The number of ether oxygens (including phenoxy) is 1. The molecule has 1 aromatic carbocycles. The molecule has 3 heterocycles. The molecule has 0 spiro atoms. The van der Waals surface area contributed by atoms with Crippen LogP contribution < -0.4 is 5.73 Å². The maximum absolute atomic E-state index is 12.8. The number of anilines is 1. The second kappa shape index (κ2) is 5.61. The Morgan fingerprint density at radius 1 is 1.25 bits per heavy atom. The number of nitrogen functional groups attached to an aromatic ring is 1. The van der Waals surface area contributed by atoms with Gasteiger partial charge in [-0.2, -0.15) is 0 Å². The van der Waals surface area contributed by atoms with E-state index in [1.54, 1.807) is 4.90 Å². The molecule has 2 aliphatic rings. The molecule has 1 amide bonds. The minimum Gasteiger partial charge on any atom is -0.478 e. The molecular formula is C17H16N2O4S.